The molecule has 0 saturated heterocycles. The Balaban J connectivity index is 1.68. The number of carbonyl (C=O) groups excluding carboxylic acids is 1. The van der Waals surface area contributed by atoms with Crippen LogP contribution in [0, 0.1) is 0 Å². The minimum Gasteiger partial charge on any atom is -0.495 e. The first-order valence-electron chi connectivity index (χ1n) is 8.92. The fraction of sp³-hybridized carbons (Fsp3) is 0.421. The Bertz CT molecular complexity index is 866. The molecule has 1 N–H and O–H groups in total. The van der Waals surface area contributed by atoms with Gasteiger partial charge in [0.1, 0.15) is 5.75 Å². The van der Waals surface area contributed by atoms with Crippen molar-refractivity contribution in [2.75, 3.05) is 12.9 Å². The quantitative estimate of drug-likeness (QED) is 0.742. The van der Waals surface area contributed by atoms with E-state index in [0.717, 1.165) is 37.4 Å². The highest BCUT2D eigenvalue weighted by molar-refractivity contribution is 7.99. The molecule has 6 nitrogen and oxygen atoms in total. The van der Waals surface area contributed by atoms with Gasteiger partial charge in [0.15, 0.2) is 5.03 Å². The number of ether oxygens (including phenoxy) is 1. The van der Waals surface area contributed by atoms with Crippen LogP contribution in [0.25, 0.3) is 5.69 Å². The second kappa shape index (κ2) is 9.28. The highest BCUT2D eigenvalue weighted by Gasteiger charge is 2.17. The second-order valence-electron chi connectivity index (χ2n) is 6.42. The smallest absolute Gasteiger partial charge is 0.287 e. The van der Waals surface area contributed by atoms with Crippen LogP contribution in [0.3, 0.4) is 0 Å². The molecule has 8 heteroatoms. The minimum absolute atomic E-state index is 0.0593. The van der Waals surface area contributed by atoms with E-state index in [1.165, 1.54) is 18.1 Å². The molecule has 144 valence electrons. The Hall–Kier alpha value is -1.99. The summed E-state index contributed by atoms with van der Waals surface area (Å²) in [5, 5.41) is 3.74. The zero-order valence-corrected chi connectivity index (χ0v) is 16.7. The molecular formula is C19H22ClN3O3S. The lowest BCUT2D eigenvalue weighted by atomic mass is 9.95. The van der Waals surface area contributed by atoms with E-state index >= 15 is 0 Å². The number of halogens is 1. The van der Waals surface area contributed by atoms with Gasteiger partial charge in [-0.15, -0.1) is 0 Å². The molecule has 1 aliphatic carbocycles. The fourth-order valence-electron chi connectivity index (χ4n) is 3.15. The average molecular weight is 408 g/mol. The van der Waals surface area contributed by atoms with Gasteiger partial charge in [0.05, 0.1) is 23.6 Å². The molecule has 1 saturated carbocycles. The fourth-order valence-corrected chi connectivity index (χ4v) is 4.11. The van der Waals surface area contributed by atoms with E-state index in [1.807, 2.05) is 0 Å². The van der Waals surface area contributed by atoms with Gasteiger partial charge in [-0.05, 0) is 31.0 Å². The Morgan fingerprint density at radius 2 is 2.15 bits per heavy atom. The molecule has 0 radical (unpaired) electrons. The van der Waals surface area contributed by atoms with Gasteiger partial charge in [0.25, 0.3) is 5.56 Å². The van der Waals surface area contributed by atoms with Crippen molar-refractivity contribution in [2.24, 2.45) is 0 Å². The van der Waals surface area contributed by atoms with Crippen LogP contribution in [0.4, 0.5) is 0 Å². The Kier molecular flexibility index (Phi) is 6.79. The summed E-state index contributed by atoms with van der Waals surface area (Å²) in [6.45, 7) is 0. The predicted molar refractivity (Wildman–Crippen MR) is 107 cm³/mol. The summed E-state index contributed by atoms with van der Waals surface area (Å²) >= 11 is 7.30. The van der Waals surface area contributed by atoms with Gasteiger partial charge in [0, 0.05) is 18.4 Å². The van der Waals surface area contributed by atoms with Crippen molar-refractivity contribution in [1.29, 1.82) is 0 Å². The number of amides is 1. The molecule has 1 aromatic carbocycles. The molecule has 2 aromatic rings. The number of rotatable bonds is 6. The standard InChI is InChI=1S/C19H22ClN3O3S/c1-26-16-8-7-14(11-15(16)20)23-10-9-21-18(19(23)25)27-12-17(24)22-13-5-3-2-4-6-13/h7-11,13H,2-6,12H2,1H3,(H,22,24). The maximum absolute atomic E-state index is 12.7. The van der Waals surface area contributed by atoms with Crippen molar-refractivity contribution in [1.82, 2.24) is 14.9 Å². The summed E-state index contributed by atoms with van der Waals surface area (Å²) in [5.41, 5.74) is 0.330. The summed E-state index contributed by atoms with van der Waals surface area (Å²) in [6, 6.07) is 5.37. The Labute approximate surface area is 167 Å². The second-order valence-corrected chi connectivity index (χ2v) is 7.79. The maximum Gasteiger partial charge on any atom is 0.287 e. The summed E-state index contributed by atoms with van der Waals surface area (Å²) in [6.07, 6.45) is 8.74. The van der Waals surface area contributed by atoms with E-state index < -0.39 is 0 Å². The van der Waals surface area contributed by atoms with Crippen LogP contribution in [0.5, 0.6) is 5.75 Å². The maximum atomic E-state index is 12.7. The monoisotopic (exact) mass is 407 g/mol. The molecule has 0 bridgehead atoms. The van der Waals surface area contributed by atoms with Crippen LogP contribution in [-0.4, -0.2) is 34.4 Å². The third kappa shape index (κ3) is 5.05. The highest BCUT2D eigenvalue weighted by atomic mass is 35.5. The molecule has 3 rings (SSSR count). The third-order valence-electron chi connectivity index (χ3n) is 4.53. The van der Waals surface area contributed by atoms with Crippen LogP contribution in [0.1, 0.15) is 32.1 Å². The lowest BCUT2D eigenvalue weighted by molar-refractivity contribution is -0.119. The van der Waals surface area contributed by atoms with E-state index in [-0.39, 0.29) is 28.3 Å². The van der Waals surface area contributed by atoms with Gasteiger partial charge in [-0.25, -0.2) is 4.98 Å². The Morgan fingerprint density at radius 1 is 1.37 bits per heavy atom. The SMILES string of the molecule is COc1ccc(-n2ccnc(SCC(=O)NC3CCCCC3)c2=O)cc1Cl. The number of aromatic nitrogens is 2. The topological polar surface area (TPSA) is 73.2 Å². The first-order valence-corrected chi connectivity index (χ1v) is 10.3. The number of carbonyl (C=O) groups is 1. The molecule has 0 spiro atoms. The average Bonchev–Trinajstić information content (AvgIpc) is 2.68. The van der Waals surface area contributed by atoms with E-state index in [0.29, 0.717) is 16.5 Å². The van der Waals surface area contributed by atoms with Crippen LogP contribution in [-0.2, 0) is 4.79 Å². The zero-order chi connectivity index (χ0) is 19.2. The zero-order valence-electron chi connectivity index (χ0n) is 15.1. The number of hydrogen-bond acceptors (Lipinski definition) is 5. The normalized spacial score (nSPS) is 14.7. The number of methoxy groups -OCH3 is 1. The van der Waals surface area contributed by atoms with Gasteiger partial charge in [-0.1, -0.05) is 42.6 Å². The van der Waals surface area contributed by atoms with Crippen LogP contribution in [0.15, 0.2) is 40.4 Å². The summed E-state index contributed by atoms with van der Waals surface area (Å²) < 4.78 is 6.59. The molecule has 1 amide bonds. The van der Waals surface area contributed by atoms with Gasteiger partial charge in [-0.3, -0.25) is 14.2 Å². The lowest BCUT2D eigenvalue weighted by Crippen LogP contribution is -2.37. The van der Waals surface area contributed by atoms with Gasteiger partial charge in [-0.2, -0.15) is 0 Å². The first kappa shape index (κ1) is 19.8. The minimum atomic E-state index is -0.283. The molecule has 0 atom stereocenters. The van der Waals surface area contributed by atoms with Crippen molar-refractivity contribution in [3.63, 3.8) is 0 Å². The number of benzene rings is 1. The van der Waals surface area contributed by atoms with E-state index in [9.17, 15) is 9.59 Å². The summed E-state index contributed by atoms with van der Waals surface area (Å²) in [5.74, 6) is 0.652. The molecule has 1 aliphatic rings. The van der Waals surface area contributed by atoms with E-state index in [1.54, 1.807) is 30.6 Å². The molecule has 1 fully saturated rings. The van der Waals surface area contributed by atoms with Crippen LogP contribution < -0.4 is 15.6 Å². The van der Waals surface area contributed by atoms with Crippen LogP contribution >= 0.6 is 23.4 Å². The molecule has 27 heavy (non-hydrogen) atoms. The molecule has 0 aliphatic heterocycles. The summed E-state index contributed by atoms with van der Waals surface area (Å²) in [4.78, 5) is 29.0. The lowest BCUT2D eigenvalue weighted by Gasteiger charge is -2.22. The van der Waals surface area contributed by atoms with Crippen molar-refractivity contribution < 1.29 is 9.53 Å². The largest absolute Gasteiger partial charge is 0.495 e. The van der Waals surface area contributed by atoms with Crippen LogP contribution in [0.2, 0.25) is 5.02 Å². The number of hydrogen-bond donors (Lipinski definition) is 1. The Morgan fingerprint density at radius 3 is 2.85 bits per heavy atom. The predicted octanol–water partition coefficient (Wildman–Crippen LogP) is 3.44. The third-order valence-corrected chi connectivity index (χ3v) is 5.79. The van der Waals surface area contributed by atoms with Crippen molar-refractivity contribution in [3.8, 4) is 11.4 Å². The molecule has 1 heterocycles. The van der Waals surface area contributed by atoms with Gasteiger partial charge < -0.3 is 10.1 Å². The van der Waals surface area contributed by atoms with Gasteiger partial charge >= 0.3 is 0 Å². The number of thioether (sulfide) groups is 1. The van der Waals surface area contributed by atoms with Crippen molar-refractivity contribution >= 4 is 29.3 Å². The molecule has 0 unspecified atom stereocenters. The van der Waals surface area contributed by atoms with Crippen molar-refractivity contribution in [2.45, 2.75) is 43.2 Å². The number of nitrogens with one attached hydrogen (secondary N) is 1. The van der Waals surface area contributed by atoms with Crippen molar-refractivity contribution in [3.05, 3.63) is 46.0 Å². The molecular weight excluding hydrogens is 386 g/mol. The van der Waals surface area contributed by atoms with E-state index in [2.05, 4.69) is 10.3 Å². The summed E-state index contributed by atoms with van der Waals surface area (Å²) in [7, 11) is 1.53. The molecule has 1 aromatic heterocycles. The van der Waals surface area contributed by atoms with E-state index in [4.69, 9.17) is 16.3 Å². The van der Waals surface area contributed by atoms with Gasteiger partial charge in [0.2, 0.25) is 5.91 Å². The number of nitrogens with zero attached hydrogens (tertiary/aromatic N) is 2. The highest BCUT2D eigenvalue weighted by Crippen LogP contribution is 2.26. The first-order chi connectivity index (χ1) is 13.1.